The molecule has 7 nitrogen and oxygen atoms in total. The molecule has 2 aliphatic heterocycles. The van der Waals surface area contributed by atoms with Crippen molar-refractivity contribution < 1.29 is 14.3 Å². The summed E-state index contributed by atoms with van der Waals surface area (Å²) in [5.41, 5.74) is 3.14. The molecular formula is C24H34N4O3. The van der Waals surface area contributed by atoms with Crippen molar-refractivity contribution >= 4 is 12.0 Å². The smallest absolute Gasteiger partial charge is 0.338 e. The van der Waals surface area contributed by atoms with Crippen molar-refractivity contribution in [2.24, 2.45) is 0 Å². The van der Waals surface area contributed by atoms with Crippen LogP contribution in [0.15, 0.2) is 35.5 Å². The number of aryl methyl sites for hydroxylation is 1. The van der Waals surface area contributed by atoms with Crippen molar-refractivity contribution in [1.29, 1.82) is 0 Å². The van der Waals surface area contributed by atoms with Crippen molar-refractivity contribution in [2.45, 2.75) is 51.1 Å². The fourth-order valence-electron chi connectivity index (χ4n) is 5.06. The molecule has 1 saturated carbocycles. The number of amides is 2. The zero-order valence-electron chi connectivity index (χ0n) is 18.7. The van der Waals surface area contributed by atoms with Crippen LogP contribution in [0.1, 0.15) is 49.3 Å². The Hall–Kier alpha value is -2.38. The summed E-state index contributed by atoms with van der Waals surface area (Å²) in [6, 6.07) is 7.81. The minimum atomic E-state index is -0.514. The van der Waals surface area contributed by atoms with E-state index >= 15 is 0 Å². The van der Waals surface area contributed by atoms with Crippen LogP contribution in [0.25, 0.3) is 0 Å². The largest absolute Gasteiger partial charge is 0.466 e. The van der Waals surface area contributed by atoms with Gasteiger partial charge in [-0.2, -0.15) is 0 Å². The number of nitrogens with zero attached hydrogens (tertiary/aromatic N) is 2. The first kappa shape index (κ1) is 21.8. The van der Waals surface area contributed by atoms with Crippen molar-refractivity contribution in [2.75, 3.05) is 39.8 Å². The predicted molar refractivity (Wildman–Crippen MR) is 120 cm³/mol. The quantitative estimate of drug-likeness (QED) is 0.709. The van der Waals surface area contributed by atoms with Crippen LogP contribution in [0.4, 0.5) is 4.79 Å². The maximum atomic E-state index is 12.7. The molecule has 0 bridgehead atoms. The van der Waals surface area contributed by atoms with E-state index in [1.54, 1.807) is 0 Å². The summed E-state index contributed by atoms with van der Waals surface area (Å²) in [5.74, 6) is -0.408. The molecule has 1 aliphatic carbocycles. The lowest BCUT2D eigenvalue weighted by molar-refractivity contribution is -0.136. The Balaban J connectivity index is 1.50. The number of methoxy groups -OCH3 is 1. The van der Waals surface area contributed by atoms with Gasteiger partial charge < -0.3 is 15.4 Å². The molecule has 1 atom stereocenters. The summed E-state index contributed by atoms with van der Waals surface area (Å²) in [6.45, 7) is 6.51. The number of esters is 1. The van der Waals surface area contributed by atoms with E-state index in [1.807, 2.05) is 31.2 Å². The Morgan fingerprint density at radius 2 is 1.74 bits per heavy atom. The summed E-state index contributed by atoms with van der Waals surface area (Å²) in [5, 5.41) is 5.79. The monoisotopic (exact) mass is 426 g/mol. The highest BCUT2D eigenvalue weighted by Crippen LogP contribution is 2.29. The highest BCUT2D eigenvalue weighted by Gasteiger charge is 2.34. The molecule has 0 aromatic heterocycles. The highest BCUT2D eigenvalue weighted by molar-refractivity contribution is 5.95. The molecule has 2 N–H and O–H groups in total. The van der Waals surface area contributed by atoms with Crippen molar-refractivity contribution in [1.82, 2.24) is 20.4 Å². The van der Waals surface area contributed by atoms with Crippen LogP contribution in [0.5, 0.6) is 0 Å². The Morgan fingerprint density at radius 3 is 2.39 bits per heavy atom. The van der Waals surface area contributed by atoms with Crippen LogP contribution < -0.4 is 10.6 Å². The van der Waals surface area contributed by atoms with E-state index in [1.165, 1.54) is 39.2 Å². The second-order valence-electron chi connectivity index (χ2n) is 8.93. The van der Waals surface area contributed by atoms with Gasteiger partial charge in [0, 0.05) is 44.5 Å². The maximum Gasteiger partial charge on any atom is 0.338 e. The normalized spacial score (nSPS) is 23.9. The lowest BCUT2D eigenvalue weighted by Gasteiger charge is -2.41. The number of urea groups is 1. The van der Waals surface area contributed by atoms with Gasteiger partial charge in [0.25, 0.3) is 0 Å². The van der Waals surface area contributed by atoms with Gasteiger partial charge in [0.1, 0.15) is 0 Å². The molecule has 4 rings (SSSR count). The van der Waals surface area contributed by atoms with Gasteiger partial charge in [0.2, 0.25) is 0 Å². The lowest BCUT2D eigenvalue weighted by Crippen LogP contribution is -2.53. The highest BCUT2D eigenvalue weighted by atomic mass is 16.5. The zero-order valence-corrected chi connectivity index (χ0v) is 18.7. The number of piperazine rings is 1. The fraction of sp³-hybridized carbons (Fsp3) is 0.583. The Morgan fingerprint density at radius 1 is 1.06 bits per heavy atom. The molecule has 0 spiro atoms. The molecule has 2 amide bonds. The molecule has 1 saturated heterocycles. The molecule has 1 aromatic rings. The Bertz CT molecular complexity index is 822. The molecule has 2 heterocycles. The van der Waals surface area contributed by atoms with Crippen molar-refractivity contribution in [3.8, 4) is 0 Å². The van der Waals surface area contributed by atoms with E-state index in [-0.39, 0.29) is 6.03 Å². The molecule has 31 heavy (non-hydrogen) atoms. The number of rotatable bonds is 5. The number of carbonyl (C=O) groups excluding carboxylic acids is 2. The first-order chi connectivity index (χ1) is 15.0. The van der Waals surface area contributed by atoms with Gasteiger partial charge in [0.15, 0.2) is 0 Å². The van der Waals surface area contributed by atoms with Gasteiger partial charge in [-0.25, -0.2) is 9.59 Å². The van der Waals surface area contributed by atoms with Gasteiger partial charge in [-0.1, -0.05) is 49.1 Å². The van der Waals surface area contributed by atoms with Crippen LogP contribution in [-0.2, 0) is 9.53 Å². The zero-order chi connectivity index (χ0) is 21.8. The number of hydrogen-bond acceptors (Lipinski definition) is 5. The van der Waals surface area contributed by atoms with Crippen molar-refractivity contribution in [3.63, 3.8) is 0 Å². The number of benzene rings is 1. The summed E-state index contributed by atoms with van der Waals surface area (Å²) in [7, 11) is 1.39. The Kier molecular flexibility index (Phi) is 6.92. The third-order valence-corrected chi connectivity index (χ3v) is 6.85. The first-order valence-electron chi connectivity index (χ1n) is 11.5. The molecule has 1 aromatic carbocycles. The van der Waals surface area contributed by atoms with Crippen molar-refractivity contribution in [3.05, 3.63) is 46.7 Å². The molecule has 168 valence electrons. The van der Waals surface area contributed by atoms with Crippen LogP contribution >= 0.6 is 0 Å². The summed E-state index contributed by atoms with van der Waals surface area (Å²) >= 11 is 0. The van der Waals surface area contributed by atoms with Crippen LogP contribution in [-0.4, -0.2) is 67.7 Å². The van der Waals surface area contributed by atoms with Gasteiger partial charge in [0.05, 0.1) is 18.7 Å². The second kappa shape index (κ2) is 9.83. The standard InChI is InChI=1S/C24H34N4O3/c1-17-8-10-18(11-9-17)22-21(23(29)31-2)20(25-24(30)26-22)16-27-12-14-28(15-13-27)19-6-4-3-5-7-19/h8-11,19,22H,3-7,12-16H2,1-2H3,(H2,25,26,30). The SMILES string of the molecule is COC(=O)C1=C(CN2CCN(C3CCCCC3)CC2)NC(=O)NC1c1ccc(C)cc1. The summed E-state index contributed by atoms with van der Waals surface area (Å²) in [6.07, 6.45) is 6.70. The van der Waals surface area contributed by atoms with Gasteiger partial charge in [-0.3, -0.25) is 9.80 Å². The predicted octanol–water partition coefficient (Wildman–Crippen LogP) is 2.73. The molecule has 3 aliphatic rings. The minimum absolute atomic E-state index is 0.283. The molecule has 1 unspecified atom stereocenters. The van der Waals surface area contributed by atoms with E-state index < -0.39 is 12.0 Å². The Labute approximate surface area is 184 Å². The summed E-state index contributed by atoms with van der Waals surface area (Å²) < 4.78 is 5.10. The number of hydrogen-bond donors (Lipinski definition) is 2. The van der Waals surface area contributed by atoms with Crippen LogP contribution in [0.3, 0.4) is 0 Å². The lowest BCUT2D eigenvalue weighted by atomic mass is 9.93. The minimum Gasteiger partial charge on any atom is -0.466 e. The third-order valence-electron chi connectivity index (χ3n) is 6.85. The molecule has 0 radical (unpaired) electrons. The third kappa shape index (κ3) is 5.10. The fourth-order valence-corrected chi connectivity index (χ4v) is 5.06. The van der Waals surface area contributed by atoms with E-state index in [0.717, 1.165) is 43.3 Å². The van der Waals surface area contributed by atoms with Gasteiger partial charge in [-0.05, 0) is 25.3 Å². The van der Waals surface area contributed by atoms with E-state index in [0.29, 0.717) is 17.8 Å². The molecule has 7 heteroatoms. The second-order valence-corrected chi connectivity index (χ2v) is 8.93. The molecular weight excluding hydrogens is 392 g/mol. The number of nitrogens with one attached hydrogen (secondary N) is 2. The average molecular weight is 427 g/mol. The van der Waals surface area contributed by atoms with Gasteiger partial charge >= 0.3 is 12.0 Å². The topological polar surface area (TPSA) is 73.9 Å². The molecule has 2 fully saturated rings. The average Bonchev–Trinajstić information content (AvgIpc) is 2.80. The van der Waals surface area contributed by atoms with E-state index in [2.05, 4.69) is 20.4 Å². The first-order valence-corrected chi connectivity index (χ1v) is 11.5. The van der Waals surface area contributed by atoms with E-state index in [9.17, 15) is 9.59 Å². The van der Waals surface area contributed by atoms with Crippen LogP contribution in [0.2, 0.25) is 0 Å². The van der Waals surface area contributed by atoms with Crippen LogP contribution in [0, 0.1) is 6.92 Å². The van der Waals surface area contributed by atoms with Gasteiger partial charge in [-0.15, -0.1) is 0 Å². The maximum absolute atomic E-state index is 12.7. The van der Waals surface area contributed by atoms with E-state index in [4.69, 9.17) is 4.74 Å². The summed E-state index contributed by atoms with van der Waals surface area (Å²) in [4.78, 5) is 30.1. The number of ether oxygens (including phenoxy) is 1. The number of carbonyl (C=O) groups is 2.